The van der Waals surface area contributed by atoms with Crippen molar-refractivity contribution in [1.82, 2.24) is 5.32 Å². The van der Waals surface area contributed by atoms with Gasteiger partial charge < -0.3 is 14.8 Å². The molecule has 0 aromatic heterocycles. The van der Waals surface area contributed by atoms with Crippen molar-refractivity contribution in [3.05, 3.63) is 23.8 Å². The molecular weight excluding hydrogens is 278 g/mol. The van der Waals surface area contributed by atoms with E-state index in [-0.39, 0.29) is 11.8 Å². The summed E-state index contributed by atoms with van der Waals surface area (Å²) in [6, 6.07) is 5.55. The number of hydrogen-bond acceptors (Lipinski definition) is 5. The number of benzene rings is 1. The normalized spacial score (nSPS) is 13.0. The lowest BCUT2D eigenvalue weighted by Gasteiger charge is -2.19. The second kappa shape index (κ2) is 7.50. The number of hydrogen-bond donors (Lipinski definition) is 1. The molecule has 6 heteroatoms. The van der Waals surface area contributed by atoms with Gasteiger partial charge in [0.15, 0.2) is 0 Å². The first-order chi connectivity index (χ1) is 9.39. The Bertz CT molecular complexity index is 506. The largest absolute Gasteiger partial charge is 0.497 e. The van der Waals surface area contributed by atoms with Gasteiger partial charge in [0.25, 0.3) is 0 Å². The summed E-state index contributed by atoms with van der Waals surface area (Å²) >= 11 is 0. The van der Waals surface area contributed by atoms with Crippen LogP contribution in [0, 0.1) is 0 Å². The highest BCUT2D eigenvalue weighted by Crippen LogP contribution is 2.28. The smallest absolute Gasteiger partial charge is 0.147 e. The molecule has 1 rings (SSSR count). The van der Waals surface area contributed by atoms with Crippen LogP contribution in [-0.2, 0) is 9.84 Å². The second-order valence-electron chi connectivity index (χ2n) is 4.67. The molecule has 1 aromatic rings. The Morgan fingerprint density at radius 1 is 1.15 bits per heavy atom. The summed E-state index contributed by atoms with van der Waals surface area (Å²) in [6.07, 6.45) is 1.77. The van der Waals surface area contributed by atoms with Crippen LogP contribution in [0.25, 0.3) is 0 Å². The maximum Gasteiger partial charge on any atom is 0.147 e. The fourth-order valence-electron chi connectivity index (χ4n) is 2.00. The molecule has 1 aromatic carbocycles. The van der Waals surface area contributed by atoms with E-state index in [4.69, 9.17) is 9.47 Å². The third-order valence-electron chi connectivity index (χ3n) is 3.00. The molecule has 20 heavy (non-hydrogen) atoms. The predicted octanol–water partition coefficient (Wildman–Crippen LogP) is 1.79. The first kappa shape index (κ1) is 16.8. The van der Waals surface area contributed by atoms with E-state index in [1.807, 2.05) is 19.1 Å². The second-order valence-corrected chi connectivity index (χ2v) is 6.93. The predicted molar refractivity (Wildman–Crippen MR) is 80.3 cm³/mol. The zero-order valence-electron chi connectivity index (χ0n) is 12.5. The third kappa shape index (κ3) is 5.38. The molecule has 0 spiro atoms. The van der Waals surface area contributed by atoms with Crippen LogP contribution < -0.4 is 14.8 Å². The lowest BCUT2D eigenvalue weighted by Crippen LogP contribution is -2.23. The molecule has 0 saturated heterocycles. The summed E-state index contributed by atoms with van der Waals surface area (Å²) in [7, 11) is 0.210. The van der Waals surface area contributed by atoms with Gasteiger partial charge in [0, 0.05) is 18.4 Å². The van der Waals surface area contributed by atoms with Crippen molar-refractivity contribution in [1.29, 1.82) is 0 Å². The number of nitrogens with one attached hydrogen (secondary N) is 1. The molecule has 114 valence electrons. The summed E-state index contributed by atoms with van der Waals surface area (Å²) in [5.41, 5.74) is 0.965. The number of ether oxygens (including phenoxy) is 2. The van der Waals surface area contributed by atoms with Crippen LogP contribution in [0.2, 0.25) is 0 Å². The molecule has 0 aliphatic carbocycles. The van der Waals surface area contributed by atoms with Gasteiger partial charge in [0.1, 0.15) is 21.3 Å². The minimum Gasteiger partial charge on any atom is -0.497 e. The highest BCUT2D eigenvalue weighted by atomic mass is 32.2. The van der Waals surface area contributed by atoms with E-state index in [2.05, 4.69) is 5.32 Å². The van der Waals surface area contributed by atoms with Crippen LogP contribution in [-0.4, -0.2) is 41.2 Å². The number of sulfone groups is 1. The van der Waals surface area contributed by atoms with Crippen molar-refractivity contribution in [3.8, 4) is 11.5 Å². The van der Waals surface area contributed by atoms with Gasteiger partial charge in [0.2, 0.25) is 0 Å². The maximum absolute atomic E-state index is 11.3. The van der Waals surface area contributed by atoms with Crippen molar-refractivity contribution in [2.45, 2.75) is 19.4 Å². The molecule has 1 unspecified atom stereocenters. The Hall–Kier alpha value is -1.27. The van der Waals surface area contributed by atoms with Crippen molar-refractivity contribution in [2.75, 3.05) is 32.8 Å². The van der Waals surface area contributed by atoms with E-state index in [1.54, 1.807) is 20.3 Å². The summed E-state index contributed by atoms with van der Waals surface area (Å²) in [5, 5.41) is 3.30. The van der Waals surface area contributed by atoms with Gasteiger partial charge in [-0.2, -0.15) is 0 Å². The summed E-state index contributed by atoms with van der Waals surface area (Å²) in [4.78, 5) is 0. The van der Waals surface area contributed by atoms with Crippen molar-refractivity contribution < 1.29 is 17.9 Å². The monoisotopic (exact) mass is 301 g/mol. The Labute approximate surface area is 121 Å². The molecule has 0 bridgehead atoms. The molecular formula is C14H23NO4S. The van der Waals surface area contributed by atoms with E-state index in [0.29, 0.717) is 17.9 Å². The fraction of sp³-hybridized carbons (Fsp3) is 0.571. The minimum absolute atomic E-state index is 0.0428. The number of methoxy groups -OCH3 is 2. The molecule has 5 nitrogen and oxygen atoms in total. The van der Waals surface area contributed by atoms with E-state index in [9.17, 15) is 8.42 Å². The zero-order chi connectivity index (χ0) is 15.2. The minimum atomic E-state index is -2.98. The summed E-state index contributed by atoms with van der Waals surface area (Å²) in [5.74, 6) is 1.53. The zero-order valence-corrected chi connectivity index (χ0v) is 13.3. The van der Waals surface area contributed by atoms with Crippen LogP contribution >= 0.6 is 0 Å². The standard InChI is InChI=1S/C14H23NO4S/c1-5-15-14(6-7-20(4,16)17)11-8-12(18-2)10-13(9-11)19-3/h8-10,14-15H,5-7H2,1-4H3. The van der Waals surface area contributed by atoms with Gasteiger partial charge in [-0.05, 0) is 30.7 Å². The quantitative estimate of drug-likeness (QED) is 0.793. The highest BCUT2D eigenvalue weighted by molar-refractivity contribution is 7.90. The van der Waals surface area contributed by atoms with E-state index < -0.39 is 9.84 Å². The van der Waals surface area contributed by atoms with Gasteiger partial charge in [-0.3, -0.25) is 0 Å². The Kier molecular flexibility index (Phi) is 6.29. The molecule has 1 atom stereocenters. The highest BCUT2D eigenvalue weighted by Gasteiger charge is 2.15. The van der Waals surface area contributed by atoms with Gasteiger partial charge >= 0.3 is 0 Å². The number of rotatable bonds is 8. The maximum atomic E-state index is 11.3. The Morgan fingerprint density at radius 3 is 2.10 bits per heavy atom. The summed E-state index contributed by atoms with van der Waals surface area (Å²) < 4.78 is 33.2. The van der Waals surface area contributed by atoms with Crippen molar-refractivity contribution in [2.24, 2.45) is 0 Å². The average Bonchev–Trinajstić information content (AvgIpc) is 2.41. The molecule has 0 heterocycles. The van der Waals surface area contributed by atoms with Gasteiger partial charge in [-0.25, -0.2) is 8.42 Å². The third-order valence-corrected chi connectivity index (χ3v) is 3.98. The summed E-state index contributed by atoms with van der Waals surface area (Å²) in [6.45, 7) is 2.75. The van der Waals surface area contributed by atoms with E-state index in [0.717, 1.165) is 12.1 Å². The van der Waals surface area contributed by atoms with E-state index >= 15 is 0 Å². The molecule has 1 N–H and O–H groups in total. The average molecular weight is 301 g/mol. The molecule has 0 aliphatic rings. The van der Waals surface area contributed by atoms with Gasteiger partial charge in [0.05, 0.1) is 20.0 Å². The fourth-order valence-corrected chi connectivity index (χ4v) is 2.66. The molecule has 0 saturated carbocycles. The van der Waals surface area contributed by atoms with Crippen molar-refractivity contribution in [3.63, 3.8) is 0 Å². The van der Waals surface area contributed by atoms with Crippen LogP contribution in [0.15, 0.2) is 18.2 Å². The lowest BCUT2D eigenvalue weighted by molar-refractivity contribution is 0.391. The van der Waals surface area contributed by atoms with Gasteiger partial charge in [-0.15, -0.1) is 0 Å². The molecule has 0 amide bonds. The molecule has 0 radical (unpaired) electrons. The Morgan fingerprint density at radius 2 is 1.70 bits per heavy atom. The first-order valence-electron chi connectivity index (χ1n) is 6.53. The Balaban J connectivity index is 3.00. The SMILES string of the molecule is CCNC(CCS(C)(=O)=O)c1cc(OC)cc(OC)c1. The lowest BCUT2D eigenvalue weighted by atomic mass is 10.0. The van der Waals surface area contributed by atoms with Crippen LogP contribution in [0.4, 0.5) is 0 Å². The van der Waals surface area contributed by atoms with Crippen LogP contribution in [0.3, 0.4) is 0 Å². The van der Waals surface area contributed by atoms with Crippen molar-refractivity contribution >= 4 is 9.84 Å². The first-order valence-corrected chi connectivity index (χ1v) is 8.59. The molecule has 0 aliphatic heterocycles. The van der Waals surface area contributed by atoms with Crippen LogP contribution in [0.1, 0.15) is 24.9 Å². The van der Waals surface area contributed by atoms with Crippen LogP contribution in [0.5, 0.6) is 11.5 Å². The van der Waals surface area contributed by atoms with Gasteiger partial charge in [-0.1, -0.05) is 6.92 Å². The molecule has 0 fully saturated rings. The van der Waals surface area contributed by atoms with E-state index in [1.165, 1.54) is 6.26 Å². The topological polar surface area (TPSA) is 64.6 Å².